The van der Waals surface area contributed by atoms with Gasteiger partial charge in [0, 0.05) is 18.5 Å². The number of rotatable bonds is 8. The average Bonchev–Trinajstić information content (AvgIpc) is 2.52. The van der Waals surface area contributed by atoms with Crippen LogP contribution in [0.4, 0.5) is 11.4 Å². The Hall–Kier alpha value is -1.92. The fourth-order valence-corrected chi connectivity index (χ4v) is 2.32. The van der Waals surface area contributed by atoms with Gasteiger partial charge in [0.05, 0.1) is 6.54 Å². The number of aryl methyl sites for hydroxylation is 1. The number of benzene rings is 1. The van der Waals surface area contributed by atoms with Gasteiger partial charge in [-0.25, -0.2) is 0 Å². The summed E-state index contributed by atoms with van der Waals surface area (Å²) >= 11 is 0. The third-order valence-corrected chi connectivity index (χ3v) is 3.75. The molecule has 2 amide bonds. The number of methoxy groups -OCH3 is 1. The molecule has 0 radical (unpaired) electrons. The molecule has 0 spiro atoms. The summed E-state index contributed by atoms with van der Waals surface area (Å²) in [6, 6.07) is 3.71. The minimum atomic E-state index is -0.222. The average molecular weight is 321 g/mol. The van der Waals surface area contributed by atoms with Crippen molar-refractivity contribution < 1.29 is 14.3 Å². The van der Waals surface area contributed by atoms with Crippen LogP contribution in [0, 0.1) is 13.8 Å². The summed E-state index contributed by atoms with van der Waals surface area (Å²) in [5.74, 6) is -0.278. The van der Waals surface area contributed by atoms with Gasteiger partial charge in [0.2, 0.25) is 11.8 Å². The second-order valence-corrected chi connectivity index (χ2v) is 5.42. The van der Waals surface area contributed by atoms with E-state index in [4.69, 9.17) is 4.74 Å². The molecule has 0 atom stereocenters. The zero-order valence-electron chi connectivity index (χ0n) is 14.7. The molecule has 128 valence electrons. The van der Waals surface area contributed by atoms with Gasteiger partial charge >= 0.3 is 0 Å². The topological polar surface area (TPSA) is 70.7 Å². The van der Waals surface area contributed by atoms with Crippen LogP contribution < -0.4 is 10.6 Å². The van der Waals surface area contributed by atoms with Crippen LogP contribution in [0.5, 0.6) is 0 Å². The molecule has 0 aromatic heterocycles. The predicted molar refractivity (Wildman–Crippen MR) is 92.8 cm³/mol. The number of anilines is 2. The van der Waals surface area contributed by atoms with E-state index < -0.39 is 0 Å². The van der Waals surface area contributed by atoms with Gasteiger partial charge in [0.1, 0.15) is 6.61 Å². The molecule has 6 heteroatoms. The molecule has 0 unspecified atom stereocenters. The molecule has 23 heavy (non-hydrogen) atoms. The Kier molecular flexibility index (Phi) is 7.71. The third-order valence-electron chi connectivity index (χ3n) is 3.75. The van der Waals surface area contributed by atoms with Crippen LogP contribution in [-0.2, 0) is 14.3 Å². The number of hydrogen-bond donors (Lipinski definition) is 2. The molecular formula is C17H27N3O3. The summed E-state index contributed by atoms with van der Waals surface area (Å²) in [7, 11) is 1.47. The van der Waals surface area contributed by atoms with E-state index in [2.05, 4.69) is 10.6 Å². The van der Waals surface area contributed by atoms with Crippen LogP contribution in [0.15, 0.2) is 12.1 Å². The number of carbonyl (C=O) groups is 2. The van der Waals surface area contributed by atoms with E-state index in [9.17, 15) is 9.59 Å². The number of amides is 2. The number of carbonyl (C=O) groups excluding carboxylic acids is 2. The summed E-state index contributed by atoms with van der Waals surface area (Å²) in [5, 5.41) is 5.75. The van der Waals surface area contributed by atoms with Gasteiger partial charge in [-0.3, -0.25) is 14.5 Å². The molecule has 0 heterocycles. The third kappa shape index (κ3) is 5.65. The van der Waals surface area contributed by atoms with E-state index in [0.717, 1.165) is 29.9 Å². The molecule has 2 N–H and O–H groups in total. The molecule has 0 saturated heterocycles. The highest BCUT2D eigenvalue weighted by Crippen LogP contribution is 2.27. The summed E-state index contributed by atoms with van der Waals surface area (Å²) in [6.45, 7) is 9.87. The van der Waals surface area contributed by atoms with E-state index in [0.29, 0.717) is 12.2 Å². The molecule has 6 nitrogen and oxygen atoms in total. The maximum Gasteiger partial charge on any atom is 0.250 e. The van der Waals surface area contributed by atoms with E-state index in [1.807, 2.05) is 44.7 Å². The second-order valence-electron chi connectivity index (χ2n) is 5.42. The highest BCUT2D eigenvalue weighted by atomic mass is 16.5. The zero-order chi connectivity index (χ0) is 17.4. The SMILES string of the molecule is CCN(CC)CC(=O)Nc1c(C)ccc(NC(=O)COC)c1C. The highest BCUT2D eigenvalue weighted by molar-refractivity contribution is 5.97. The van der Waals surface area contributed by atoms with Crippen molar-refractivity contribution in [3.63, 3.8) is 0 Å². The van der Waals surface area contributed by atoms with Gasteiger partial charge in [-0.2, -0.15) is 0 Å². The van der Waals surface area contributed by atoms with Crippen molar-refractivity contribution in [1.82, 2.24) is 4.90 Å². The van der Waals surface area contributed by atoms with Gasteiger partial charge in [0.25, 0.3) is 0 Å². The first-order valence-electron chi connectivity index (χ1n) is 7.84. The first-order chi connectivity index (χ1) is 10.9. The van der Waals surface area contributed by atoms with Gasteiger partial charge < -0.3 is 15.4 Å². The molecule has 1 aromatic rings. The lowest BCUT2D eigenvalue weighted by Crippen LogP contribution is -2.33. The van der Waals surface area contributed by atoms with E-state index >= 15 is 0 Å². The maximum atomic E-state index is 12.2. The quantitative estimate of drug-likeness (QED) is 0.770. The van der Waals surface area contributed by atoms with Gasteiger partial charge in [-0.1, -0.05) is 19.9 Å². The van der Waals surface area contributed by atoms with Crippen LogP contribution >= 0.6 is 0 Å². The van der Waals surface area contributed by atoms with Gasteiger partial charge in [-0.15, -0.1) is 0 Å². The Labute approximate surface area is 138 Å². The lowest BCUT2D eigenvalue weighted by Gasteiger charge is -2.20. The van der Waals surface area contributed by atoms with Gasteiger partial charge in [-0.05, 0) is 44.1 Å². The predicted octanol–water partition coefficient (Wildman–Crippen LogP) is 2.17. The Balaban J connectivity index is 2.89. The molecule has 0 aliphatic heterocycles. The van der Waals surface area contributed by atoms with Crippen LogP contribution in [0.2, 0.25) is 0 Å². The van der Waals surface area contributed by atoms with E-state index in [-0.39, 0.29) is 18.4 Å². The summed E-state index contributed by atoms with van der Waals surface area (Å²) in [6.07, 6.45) is 0. The minimum Gasteiger partial charge on any atom is -0.375 e. The fraction of sp³-hybridized carbons (Fsp3) is 0.529. The Morgan fingerprint density at radius 2 is 1.74 bits per heavy atom. The Bertz CT molecular complexity index is 554. The van der Waals surface area contributed by atoms with E-state index in [1.165, 1.54) is 7.11 Å². The van der Waals surface area contributed by atoms with Crippen molar-refractivity contribution in [1.29, 1.82) is 0 Å². The maximum absolute atomic E-state index is 12.2. The lowest BCUT2D eigenvalue weighted by molar-refractivity contribution is -0.119. The number of nitrogens with zero attached hydrogens (tertiary/aromatic N) is 1. The van der Waals surface area contributed by atoms with Crippen LogP contribution in [0.1, 0.15) is 25.0 Å². The molecule has 0 bridgehead atoms. The summed E-state index contributed by atoms with van der Waals surface area (Å²) in [4.78, 5) is 25.9. The molecule has 1 rings (SSSR count). The molecule has 0 aliphatic carbocycles. The molecule has 0 fully saturated rings. The van der Waals surface area contributed by atoms with Crippen LogP contribution in [0.3, 0.4) is 0 Å². The second kappa shape index (κ2) is 9.27. The van der Waals surface area contributed by atoms with Crippen LogP contribution in [-0.4, -0.2) is 50.1 Å². The molecule has 1 aromatic carbocycles. The van der Waals surface area contributed by atoms with Crippen LogP contribution in [0.25, 0.3) is 0 Å². The summed E-state index contributed by atoms with van der Waals surface area (Å²) in [5.41, 5.74) is 3.22. The van der Waals surface area contributed by atoms with Crippen molar-refractivity contribution in [2.24, 2.45) is 0 Å². The minimum absolute atomic E-state index is 0.00301. The highest BCUT2D eigenvalue weighted by Gasteiger charge is 2.14. The first kappa shape index (κ1) is 19.1. The lowest BCUT2D eigenvalue weighted by atomic mass is 10.1. The summed E-state index contributed by atoms with van der Waals surface area (Å²) < 4.78 is 4.82. The largest absolute Gasteiger partial charge is 0.375 e. The zero-order valence-corrected chi connectivity index (χ0v) is 14.7. The van der Waals surface area contributed by atoms with Crippen molar-refractivity contribution >= 4 is 23.2 Å². The monoisotopic (exact) mass is 321 g/mol. The Morgan fingerprint density at radius 1 is 1.09 bits per heavy atom. The molecular weight excluding hydrogens is 294 g/mol. The van der Waals surface area contributed by atoms with Crippen molar-refractivity contribution in [2.45, 2.75) is 27.7 Å². The normalized spacial score (nSPS) is 10.7. The fourth-order valence-electron chi connectivity index (χ4n) is 2.32. The number of hydrogen-bond acceptors (Lipinski definition) is 4. The standard InChI is InChI=1S/C17H27N3O3/c1-6-20(7-2)10-15(21)19-17-12(3)8-9-14(13(17)4)18-16(22)11-23-5/h8-9H,6-7,10-11H2,1-5H3,(H,18,22)(H,19,21). The molecule has 0 saturated carbocycles. The number of nitrogens with one attached hydrogen (secondary N) is 2. The smallest absolute Gasteiger partial charge is 0.250 e. The van der Waals surface area contributed by atoms with Gasteiger partial charge in [0.15, 0.2) is 0 Å². The first-order valence-corrected chi connectivity index (χ1v) is 7.84. The van der Waals surface area contributed by atoms with Crippen molar-refractivity contribution in [3.05, 3.63) is 23.3 Å². The number of likely N-dealkylation sites (N-methyl/N-ethyl adjacent to an activating group) is 1. The van der Waals surface area contributed by atoms with E-state index in [1.54, 1.807) is 0 Å². The Morgan fingerprint density at radius 3 is 2.30 bits per heavy atom. The molecule has 0 aliphatic rings. The van der Waals surface area contributed by atoms with Crippen molar-refractivity contribution in [2.75, 3.05) is 44.0 Å². The van der Waals surface area contributed by atoms with Crippen molar-refractivity contribution in [3.8, 4) is 0 Å². The number of ether oxygens (including phenoxy) is 1.